The summed E-state index contributed by atoms with van der Waals surface area (Å²) in [5.41, 5.74) is 6.77. The van der Waals surface area contributed by atoms with Gasteiger partial charge in [-0.25, -0.2) is 0 Å². The van der Waals surface area contributed by atoms with Crippen molar-refractivity contribution in [1.82, 2.24) is 0 Å². The van der Waals surface area contributed by atoms with Crippen LogP contribution in [0.15, 0.2) is 48.5 Å². The molecule has 0 aromatic heterocycles. The fourth-order valence-electron chi connectivity index (χ4n) is 3.70. The molecule has 2 aliphatic carbocycles. The second-order valence-electron chi connectivity index (χ2n) is 7.01. The van der Waals surface area contributed by atoms with E-state index in [1.165, 1.54) is 40.7 Å². The van der Waals surface area contributed by atoms with Gasteiger partial charge in [-0.2, -0.15) is 0 Å². The summed E-state index contributed by atoms with van der Waals surface area (Å²) in [5.74, 6) is 2.58. The SMILES string of the molecule is CC1=CCc2ccc(C(C)C3CC3)c(OCc3ccccc3)c21. The van der Waals surface area contributed by atoms with Crippen LogP contribution in [0.3, 0.4) is 0 Å². The van der Waals surface area contributed by atoms with Gasteiger partial charge in [0.05, 0.1) is 0 Å². The minimum Gasteiger partial charge on any atom is -0.488 e. The Kier molecular flexibility index (Phi) is 3.72. The number of ether oxygens (including phenoxy) is 1. The van der Waals surface area contributed by atoms with Gasteiger partial charge in [0.15, 0.2) is 0 Å². The van der Waals surface area contributed by atoms with Gasteiger partial charge in [-0.05, 0) is 60.3 Å². The van der Waals surface area contributed by atoms with Crippen molar-refractivity contribution in [2.75, 3.05) is 0 Å². The highest BCUT2D eigenvalue weighted by atomic mass is 16.5. The maximum atomic E-state index is 6.39. The van der Waals surface area contributed by atoms with Crippen LogP contribution < -0.4 is 4.74 Å². The largest absolute Gasteiger partial charge is 0.488 e. The number of rotatable bonds is 5. The second-order valence-corrected chi connectivity index (χ2v) is 7.01. The molecule has 0 bridgehead atoms. The molecule has 1 fully saturated rings. The Bertz CT molecular complexity index is 738. The number of hydrogen-bond donors (Lipinski definition) is 0. The van der Waals surface area contributed by atoms with Crippen molar-refractivity contribution in [3.05, 3.63) is 70.8 Å². The Morgan fingerprint density at radius 1 is 1.09 bits per heavy atom. The Morgan fingerprint density at radius 3 is 2.61 bits per heavy atom. The summed E-state index contributed by atoms with van der Waals surface area (Å²) in [6, 6.07) is 15.1. The highest BCUT2D eigenvalue weighted by Gasteiger charge is 2.32. The van der Waals surface area contributed by atoms with E-state index in [2.05, 4.69) is 62.4 Å². The van der Waals surface area contributed by atoms with E-state index in [1.807, 2.05) is 0 Å². The molecule has 0 radical (unpaired) electrons. The van der Waals surface area contributed by atoms with Crippen molar-refractivity contribution >= 4 is 5.57 Å². The minimum atomic E-state index is 0.597. The molecule has 2 aromatic carbocycles. The lowest BCUT2D eigenvalue weighted by molar-refractivity contribution is 0.299. The lowest BCUT2D eigenvalue weighted by Crippen LogP contribution is -2.06. The first kappa shape index (κ1) is 14.6. The monoisotopic (exact) mass is 304 g/mol. The molecule has 0 saturated heterocycles. The average Bonchev–Trinajstić information content (AvgIpc) is 3.37. The molecule has 0 N–H and O–H groups in total. The van der Waals surface area contributed by atoms with Gasteiger partial charge in [0.2, 0.25) is 0 Å². The molecule has 1 heteroatoms. The molecule has 1 unspecified atom stereocenters. The zero-order chi connectivity index (χ0) is 15.8. The van der Waals surface area contributed by atoms with E-state index < -0.39 is 0 Å². The third-order valence-electron chi connectivity index (χ3n) is 5.34. The Labute approximate surface area is 139 Å². The topological polar surface area (TPSA) is 9.23 Å². The van der Waals surface area contributed by atoms with Crippen LogP contribution in [-0.2, 0) is 13.0 Å². The van der Waals surface area contributed by atoms with Gasteiger partial charge in [-0.3, -0.25) is 0 Å². The van der Waals surface area contributed by atoms with Crippen molar-refractivity contribution in [2.24, 2.45) is 5.92 Å². The van der Waals surface area contributed by atoms with Gasteiger partial charge in [0.25, 0.3) is 0 Å². The van der Waals surface area contributed by atoms with Crippen LogP contribution in [0, 0.1) is 5.92 Å². The summed E-state index contributed by atoms with van der Waals surface area (Å²) in [7, 11) is 0. The van der Waals surface area contributed by atoms with Gasteiger partial charge in [-0.15, -0.1) is 0 Å². The van der Waals surface area contributed by atoms with Gasteiger partial charge in [0.1, 0.15) is 12.4 Å². The summed E-state index contributed by atoms with van der Waals surface area (Å²) < 4.78 is 6.39. The van der Waals surface area contributed by atoms with Gasteiger partial charge in [0, 0.05) is 5.56 Å². The average molecular weight is 304 g/mol. The molecule has 118 valence electrons. The van der Waals surface area contributed by atoms with Crippen molar-refractivity contribution in [2.45, 2.75) is 45.6 Å². The lowest BCUT2D eigenvalue weighted by atomic mass is 9.91. The van der Waals surface area contributed by atoms with E-state index in [1.54, 1.807) is 0 Å². The molecule has 0 heterocycles. The molecule has 0 amide bonds. The van der Waals surface area contributed by atoms with Gasteiger partial charge in [-0.1, -0.05) is 55.5 Å². The van der Waals surface area contributed by atoms with E-state index in [0.29, 0.717) is 12.5 Å². The zero-order valence-corrected chi connectivity index (χ0v) is 14.0. The molecule has 1 atom stereocenters. The van der Waals surface area contributed by atoms with Crippen LogP contribution in [0.1, 0.15) is 54.9 Å². The van der Waals surface area contributed by atoms with E-state index >= 15 is 0 Å². The predicted octanol–water partition coefficient (Wildman–Crippen LogP) is 5.74. The highest BCUT2D eigenvalue weighted by molar-refractivity contribution is 5.77. The fourth-order valence-corrected chi connectivity index (χ4v) is 3.70. The lowest BCUT2D eigenvalue weighted by Gasteiger charge is -2.21. The molecular formula is C22H24O. The smallest absolute Gasteiger partial charge is 0.131 e. The first-order valence-electron chi connectivity index (χ1n) is 8.73. The van der Waals surface area contributed by atoms with Crippen molar-refractivity contribution in [1.29, 1.82) is 0 Å². The maximum absolute atomic E-state index is 6.39. The number of fused-ring (bicyclic) bond motifs is 1. The van der Waals surface area contributed by atoms with Crippen LogP contribution in [0.2, 0.25) is 0 Å². The van der Waals surface area contributed by atoms with Crippen LogP contribution in [0.5, 0.6) is 5.75 Å². The number of hydrogen-bond acceptors (Lipinski definition) is 1. The van der Waals surface area contributed by atoms with Crippen molar-refractivity contribution in [3.8, 4) is 5.75 Å². The van der Waals surface area contributed by atoms with Crippen LogP contribution in [0.25, 0.3) is 5.57 Å². The van der Waals surface area contributed by atoms with Crippen molar-refractivity contribution in [3.63, 3.8) is 0 Å². The summed E-state index contributed by atoms with van der Waals surface area (Å²) in [6.07, 6.45) is 6.10. The Balaban J connectivity index is 1.70. The highest BCUT2D eigenvalue weighted by Crippen LogP contribution is 2.48. The second kappa shape index (κ2) is 5.88. The maximum Gasteiger partial charge on any atom is 0.131 e. The van der Waals surface area contributed by atoms with Crippen LogP contribution in [0.4, 0.5) is 0 Å². The van der Waals surface area contributed by atoms with E-state index in [4.69, 9.17) is 4.74 Å². The Hall–Kier alpha value is -2.02. The summed E-state index contributed by atoms with van der Waals surface area (Å²) in [5, 5.41) is 0. The Morgan fingerprint density at radius 2 is 1.87 bits per heavy atom. The first-order chi connectivity index (χ1) is 11.2. The zero-order valence-electron chi connectivity index (χ0n) is 14.0. The number of benzene rings is 2. The molecule has 1 saturated carbocycles. The van der Waals surface area contributed by atoms with E-state index in [-0.39, 0.29) is 0 Å². The van der Waals surface area contributed by atoms with Gasteiger partial charge >= 0.3 is 0 Å². The molecule has 0 aliphatic heterocycles. The number of allylic oxidation sites excluding steroid dienone is 2. The molecule has 2 aliphatic rings. The fraction of sp³-hybridized carbons (Fsp3) is 0.364. The van der Waals surface area contributed by atoms with E-state index in [9.17, 15) is 0 Å². The van der Waals surface area contributed by atoms with E-state index in [0.717, 1.165) is 18.1 Å². The first-order valence-corrected chi connectivity index (χ1v) is 8.73. The van der Waals surface area contributed by atoms with Crippen LogP contribution in [-0.4, -0.2) is 0 Å². The standard InChI is InChI=1S/C22H24O/c1-15-8-9-19-12-13-20(16(2)18-10-11-18)22(21(15)19)23-14-17-6-4-3-5-7-17/h3-8,12-13,16,18H,9-11,14H2,1-2H3. The summed E-state index contributed by atoms with van der Waals surface area (Å²) >= 11 is 0. The van der Waals surface area contributed by atoms with Crippen molar-refractivity contribution < 1.29 is 4.74 Å². The summed E-state index contributed by atoms with van der Waals surface area (Å²) in [6.45, 7) is 5.23. The predicted molar refractivity (Wildman–Crippen MR) is 95.7 cm³/mol. The molecule has 2 aromatic rings. The summed E-state index contributed by atoms with van der Waals surface area (Å²) in [4.78, 5) is 0. The van der Waals surface area contributed by atoms with Crippen LogP contribution >= 0.6 is 0 Å². The minimum absolute atomic E-state index is 0.597. The molecular weight excluding hydrogens is 280 g/mol. The van der Waals surface area contributed by atoms with Gasteiger partial charge < -0.3 is 4.74 Å². The molecule has 1 nitrogen and oxygen atoms in total. The molecule has 23 heavy (non-hydrogen) atoms. The normalized spacial score (nSPS) is 17.6. The third kappa shape index (κ3) is 2.81. The quantitative estimate of drug-likeness (QED) is 0.684. The molecule has 4 rings (SSSR count). The molecule has 0 spiro atoms. The third-order valence-corrected chi connectivity index (χ3v) is 5.34.